The van der Waals surface area contributed by atoms with Crippen LogP contribution in [0.2, 0.25) is 15.1 Å². The van der Waals surface area contributed by atoms with E-state index >= 15 is 0 Å². The van der Waals surface area contributed by atoms with Crippen molar-refractivity contribution in [2.75, 3.05) is 13.1 Å². The number of nitrogens with zero attached hydrogens (tertiary/aromatic N) is 2. The molecule has 0 bridgehead atoms. The molecule has 4 rings (SSSR count). The van der Waals surface area contributed by atoms with Gasteiger partial charge in [0.1, 0.15) is 5.78 Å². The third-order valence-electron chi connectivity index (χ3n) is 6.36. The average Bonchev–Trinajstić information content (AvgIpc) is 3.19. The smallest absolute Gasteiger partial charge is 0.342 e. The zero-order valence-corrected chi connectivity index (χ0v) is 21.0. The summed E-state index contributed by atoms with van der Waals surface area (Å²) in [5, 5.41) is 0.806. The lowest BCUT2D eigenvalue weighted by Crippen LogP contribution is -2.39. The SMILES string of the molecule is CC(=O)CC1CCN(C(=O)c2ccc(Cl)c(Cn3ccc4cc(C(F)(F)F)cc(Cl)c43)c2Cl)CC1. The number of carbonyl (C=O) groups excluding carboxylic acids is 2. The van der Waals surface area contributed by atoms with Crippen LogP contribution in [0, 0.1) is 5.92 Å². The molecule has 186 valence electrons. The van der Waals surface area contributed by atoms with E-state index in [0.29, 0.717) is 46.6 Å². The summed E-state index contributed by atoms with van der Waals surface area (Å²) in [5.74, 6) is 0.198. The van der Waals surface area contributed by atoms with Gasteiger partial charge in [0.05, 0.1) is 33.2 Å². The van der Waals surface area contributed by atoms with Crippen LogP contribution in [0.1, 0.15) is 47.7 Å². The number of Topliss-reactive ketones (excluding diaryl/α,β-unsaturated/α-hetero) is 1. The van der Waals surface area contributed by atoms with Crippen molar-refractivity contribution in [3.8, 4) is 0 Å². The first-order chi connectivity index (χ1) is 16.5. The van der Waals surface area contributed by atoms with Gasteiger partial charge in [-0.2, -0.15) is 13.2 Å². The molecule has 4 nitrogen and oxygen atoms in total. The molecule has 0 spiro atoms. The summed E-state index contributed by atoms with van der Waals surface area (Å²) in [6, 6.07) is 6.64. The highest BCUT2D eigenvalue weighted by Crippen LogP contribution is 2.37. The minimum absolute atomic E-state index is 0.0484. The Bertz CT molecular complexity index is 1300. The zero-order valence-electron chi connectivity index (χ0n) is 18.8. The van der Waals surface area contributed by atoms with E-state index in [1.807, 2.05) is 0 Å². The number of aromatic nitrogens is 1. The lowest BCUT2D eigenvalue weighted by molar-refractivity contribution is -0.137. The van der Waals surface area contributed by atoms with Crippen molar-refractivity contribution in [2.45, 2.75) is 38.9 Å². The number of benzene rings is 2. The lowest BCUT2D eigenvalue weighted by Gasteiger charge is -2.32. The maximum absolute atomic E-state index is 13.2. The van der Waals surface area contributed by atoms with Gasteiger partial charge in [-0.1, -0.05) is 34.8 Å². The third-order valence-corrected chi connectivity index (χ3v) is 7.44. The van der Waals surface area contributed by atoms with E-state index in [1.54, 1.807) is 40.8 Å². The predicted molar refractivity (Wildman–Crippen MR) is 131 cm³/mol. The summed E-state index contributed by atoms with van der Waals surface area (Å²) < 4.78 is 41.1. The molecule has 1 amide bonds. The molecule has 2 heterocycles. The summed E-state index contributed by atoms with van der Waals surface area (Å²) in [6.45, 7) is 2.76. The summed E-state index contributed by atoms with van der Waals surface area (Å²) in [6.07, 6.45) is -0.889. The first-order valence-corrected chi connectivity index (χ1v) is 12.2. The van der Waals surface area contributed by atoms with Crippen molar-refractivity contribution >= 4 is 57.4 Å². The molecule has 1 aliphatic heterocycles. The van der Waals surface area contributed by atoms with Crippen molar-refractivity contribution in [1.29, 1.82) is 0 Å². The van der Waals surface area contributed by atoms with Crippen LogP contribution in [-0.4, -0.2) is 34.2 Å². The van der Waals surface area contributed by atoms with Gasteiger partial charge < -0.3 is 14.3 Å². The number of likely N-dealkylation sites (tertiary alicyclic amines) is 1. The molecule has 3 aromatic rings. The van der Waals surface area contributed by atoms with Crippen LogP contribution in [-0.2, 0) is 17.5 Å². The van der Waals surface area contributed by atoms with Crippen molar-refractivity contribution in [1.82, 2.24) is 9.47 Å². The molecule has 1 aromatic heterocycles. The Hall–Kier alpha value is -2.22. The van der Waals surface area contributed by atoms with Crippen LogP contribution in [0.4, 0.5) is 13.2 Å². The Morgan fingerprint density at radius 1 is 1.03 bits per heavy atom. The molecule has 0 aliphatic carbocycles. The minimum Gasteiger partial charge on any atom is -0.342 e. The predicted octanol–water partition coefficient (Wildman–Crippen LogP) is 7.50. The van der Waals surface area contributed by atoms with E-state index < -0.39 is 11.7 Å². The quantitative estimate of drug-likeness (QED) is 0.333. The Labute approximate surface area is 215 Å². The summed E-state index contributed by atoms with van der Waals surface area (Å²) >= 11 is 19.3. The van der Waals surface area contributed by atoms with Crippen LogP contribution in [0.3, 0.4) is 0 Å². The van der Waals surface area contributed by atoms with Gasteiger partial charge in [-0.05, 0) is 56.0 Å². The number of hydrogen-bond donors (Lipinski definition) is 0. The molecule has 0 N–H and O–H groups in total. The van der Waals surface area contributed by atoms with Gasteiger partial charge in [0.15, 0.2) is 0 Å². The van der Waals surface area contributed by atoms with E-state index in [0.717, 1.165) is 25.0 Å². The van der Waals surface area contributed by atoms with E-state index in [4.69, 9.17) is 34.8 Å². The second-order valence-electron chi connectivity index (χ2n) is 8.87. The Morgan fingerprint density at radius 3 is 2.34 bits per heavy atom. The highest BCUT2D eigenvalue weighted by Gasteiger charge is 2.32. The second-order valence-corrected chi connectivity index (χ2v) is 10.1. The fourth-order valence-corrected chi connectivity index (χ4v) is 5.49. The van der Waals surface area contributed by atoms with Crippen LogP contribution < -0.4 is 0 Å². The molecule has 0 atom stereocenters. The highest BCUT2D eigenvalue weighted by atomic mass is 35.5. The fourth-order valence-electron chi connectivity index (χ4n) is 4.59. The minimum atomic E-state index is -4.51. The van der Waals surface area contributed by atoms with Crippen molar-refractivity contribution in [3.63, 3.8) is 0 Å². The Morgan fingerprint density at radius 2 is 1.71 bits per heavy atom. The number of carbonyl (C=O) groups is 2. The average molecular weight is 546 g/mol. The second kappa shape index (κ2) is 10.0. The maximum Gasteiger partial charge on any atom is 0.416 e. The van der Waals surface area contributed by atoms with Gasteiger partial charge in [0, 0.05) is 41.7 Å². The van der Waals surface area contributed by atoms with Crippen molar-refractivity contribution < 1.29 is 22.8 Å². The molecule has 2 aromatic carbocycles. The lowest BCUT2D eigenvalue weighted by atomic mass is 9.91. The largest absolute Gasteiger partial charge is 0.416 e. The van der Waals surface area contributed by atoms with Gasteiger partial charge in [-0.15, -0.1) is 0 Å². The van der Waals surface area contributed by atoms with Crippen LogP contribution >= 0.6 is 34.8 Å². The molecule has 0 unspecified atom stereocenters. The molecular weight excluding hydrogens is 524 g/mol. The van der Waals surface area contributed by atoms with Crippen molar-refractivity contribution in [3.05, 3.63) is 68.3 Å². The van der Waals surface area contributed by atoms with E-state index in [-0.39, 0.29) is 34.2 Å². The molecule has 1 fully saturated rings. The Balaban J connectivity index is 1.60. The number of rotatable bonds is 5. The van der Waals surface area contributed by atoms with Crippen LogP contribution in [0.15, 0.2) is 36.5 Å². The van der Waals surface area contributed by atoms with Crippen LogP contribution in [0.5, 0.6) is 0 Å². The first kappa shape index (κ1) is 25.9. The van der Waals surface area contributed by atoms with Gasteiger partial charge in [-0.3, -0.25) is 4.79 Å². The number of hydrogen-bond acceptors (Lipinski definition) is 2. The molecule has 0 radical (unpaired) electrons. The number of halogens is 6. The van der Waals surface area contributed by atoms with E-state index in [2.05, 4.69) is 0 Å². The maximum atomic E-state index is 13.2. The fraction of sp³-hybridized carbons (Fsp3) is 0.360. The van der Waals surface area contributed by atoms with Gasteiger partial charge in [-0.25, -0.2) is 0 Å². The number of alkyl halides is 3. The molecule has 35 heavy (non-hydrogen) atoms. The monoisotopic (exact) mass is 544 g/mol. The van der Waals surface area contributed by atoms with Crippen molar-refractivity contribution in [2.24, 2.45) is 5.92 Å². The summed E-state index contributed by atoms with van der Waals surface area (Å²) in [7, 11) is 0. The van der Waals surface area contributed by atoms with E-state index in [1.165, 1.54) is 0 Å². The number of amides is 1. The summed E-state index contributed by atoms with van der Waals surface area (Å²) in [5.41, 5.74) is 0.358. The first-order valence-electron chi connectivity index (χ1n) is 11.1. The van der Waals surface area contributed by atoms with Gasteiger partial charge in [0.2, 0.25) is 0 Å². The molecule has 0 saturated carbocycles. The number of ketones is 1. The highest BCUT2D eigenvalue weighted by molar-refractivity contribution is 6.38. The van der Waals surface area contributed by atoms with E-state index in [9.17, 15) is 22.8 Å². The number of fused-ring (bicyclic) bond motifs is 1. The molecule has 1 saturated heterocycles. The standard InChI is InChI=1S/C25H22Cl3F3N2O2/c1-14(34)10-15-4-7-32(8-5-15)24(35)18-2-3-20(26)19(22(18)28)13-33-9-6-16-11-17(25(29,30)31)12-21(27)23(16)33/h2-3,6,9,11-12,15H,4-5,7-8,10,13H2,1H3. The van der Waals surface area contributed by atoms with Crippen LogP contribution in [0.25, 0.3) is 10.9 Å². The molecule has 1 aliphatic rings. The zero-order chi connectivity index (χ0) is 25.5. The molecule has 10 heteroatoms. The van der Waals surface area contributed by atoms with Gasteiger partial charge >= 0.3 is 6.18 Å². The topological polar surface area (TPSA) is 42.3 Å². The molecular formula is C25H22Cl3F3N2O2. The van der Waals surface area contributed by atoms with Gasteiger partial charge in [0.25, 0.3) is 5.91 Å². The Kier molecular flexibility index (Phi) is 7.41. The third kappa shape index (κ3) is 5.47. The number of piperidine rings is 1. The summed E-state index contributed by atoms with van der Waals surface area (Å²) in [4.78, 5) is 26.3. The normalized spacial score (nSPS) is 15.1.